The van der Waals surface area contributed by atoms with Crippen LogP contribution < -0.4 is 17.0 Å². The van der Waals surface area contributed by atoms with E-state index in [1.165, 1.54) is 34.7 Å². The lowest BCUT2D eigenvalue weighted by molar-refractivity contribution is 0.102. The summed E-state index contributed by atoms with van der Waals surface area (Å²) in [6, 6.07) is 9.24. The Labute approximate surface area is 157 Å². The molecule has 0 atom stereocenters. The quantitative estimate of drug-likeness (QED) is 0.509. The smallest absolute Gasteiger partial charge is 0.332 e. The number of nitrogens with zero attached hydrogens (tertiary/aromatic N) is 3. The van der Waals surface area contributed by atoms with Crippen molar-refractivity contribution in [1.82, 2.24) is 14.1 Å². The molecule has 0 spiro atoms. The van der Waals surface area contributed by atoms with E-state index < -0.39 is 17.0 Å². The van der Waals surface area contributed by atoms with Gasteiger partial charge in [0.05, 0.1) is 12.3 Å². The number of hydrogen-bond donors (Lipinski definition) is 1. The molecule has 3 rings (SSSR count). The van der Waals surface area contributed by atoms with E-state index in [-0.39, 0.29) is 23.7 Å². The Kier molecular flexibility index (Phi) is 5.38. The molecule has 134 valence electrons. The Bertz CT molecular complexity index is 1040. The first-order valence-electron chi connectivity index (χ1n) is 7.67. The van der Waals surface area contributed by atoms with Crippen LogP contribution in [0.2, 0.25) is 0 Å². The van der Waals surface area contributed by atoms with E-state index in [9.17, 15) is 14.4 Å². The molecule has 2 aromatic heterocycles. The van der Waals surface area contributed by atoms with Gasteiger partial charge in [-0.15, -0.1) is 11.3 Å². The van der Waals surface area contributed by atoms with Crippen LogP contribution in [0.3, 0.4) is 0 Å². The average molecular weight is 388 g/mol. The van der Waals surface area contributed by atoms with Crippen molar-refractivity contribution in [3.8, 4) is 0 Å². The fraction of sp³-hybridized carbons (Fsp3) is 0.176. The SMILES string of the molecule is Cn1c(=O)c(C(=O)CSc2nccs2)c(N)n(Cc2ccccc2)c1=O. The summed E-state index contributed by atoms with van der Waals surface area (Å²) in [5, 5.41) is 1.81. The van der Waals surface area contributed by atoms with Crippen molar-refractivity contribution in [2.45, 2.75) is 10.9 Å². The molecule has 0 saturated heterocycles. The molecule has 0 bridgehead atoms. The number of carbonyl (C=O) groups excluding carboxylic acids is 1. The Morgan fingerprint density at radius 1 is 1.27 bits per heavy atom. The first-order valence-corrected chi connectivity index (χ1v) is 9.54. The summed E-state index contributed by atoms with van der Waals surface area (Å²) in [6.07, 6.45) is 1.64. The van der Waals surface area contributed by atoms with Crippen LogP contribution >= 0.6 is 23.1 Å². The minimum Gasteiger partial charge on any atom is -0.384 e. The lowest BCUT2D eigenvalue weighted by atomic mass is 10.2. The molecule has 0 aliphatic rings. The number of ketones is 1. The molecule has 0 amide bonds. The molecule has 0 radical (unpaired) electrons. The summed E-state index contributed by atoms with van der Waals surface area (Å²) in [7, 11) is 1.34. The zero-order valence-corrected chi connectivity index (χ0v) is 15.5. The summed E-state index contributed by atoms with van der Waals surface area (Å²) >= 11 is 2.64. The highest BCUT2D eigenvalue weighted by atomic mass is 32.2. The van der Waals surface area contributed by atoms with Crippen molar-refractivity contribution in [3.63, 3.8) is 0 Å². The van der Waals surface area contributed by atoms with Crippen molar-refractivity contribution in [1.29, 1.82) is 0 Å². The van der Waals surface area contributed by atoms with Crippen molar-refractivity contribution < 1.29 is 4.79 Å². The van der Waals surface area contributed by atoms with Gasteiger partial charge >= 0.3 is 5.69 Å². The van der Waals surface area contributed by atoms with E-state index in [0.717, 1.165) is 14.5 Å². The van der Waals surface area contributed by atoms with Crippen LogP contribution in [0.25, 0.3) is 0 Å². The van der Waals surface area contributed by atoms with Crippen LogP contribution in [-0.4, -0.2) is 25.7 Å². The maximum Gasteiger partial charge on any atom is 0.332 e. The van der Waals surface area contributed by atoms with E-state index >= 15 is 0 Å². The van der Waals surface area contributed by atoms with E-state index in [1.807, 2.05) is 30.3 Å². The molecule has 2 N–H and O–H groups in total. The molecule has 0 unspecified atom stereocenters. The van der Waals surface area contributed by atoms with E-state index in [1.54, 1.807) is 11.6 Å². The van der Waals surface area contributed by atoms with Gasteiger partial charge in [-0.2, -0.15) is 0 Å². The fourth-order valence-electron chi connectivity index (χ4n) is 2.45. The number of thiazole rings is 1. The number of nitrogen functional groups attached to an aromatic ring is 1. The van der Waals surface area contributed by atoms with Gasteiger partial charge in [0.25, 0.3) is 5.56 Å². The monoisotopic (exact) mass is 388 g/mol. The van der Waals surface area contributed by atoms with E-state index in [4.69, 9.17) is 5.73 Å². The maximum atomic E-state index is 12.6. The average Bonchev–Trinajstić information content (AvgIpc) is 3.16. The van der Waals surface area contributed by atoms with Crippen molar-refractivity contribution in [2.75, 3.05) is 11.5 Å². The third kappa shape index (κ3) is 3.63. The number of thioether (sulfide) groups is 1. The second-order valence-corrected chi connectivity index (χ2v) is 7.61. The van der Waals surface area contributed by atoms with Crippen molar-refractivity contribution in [2.24, 2.45) is 7.05 Å². The Morgan fingerprint density at radius 2 is 2.00 bits per heavy atom. The van der Waals surface area contributed by atoms with Gasteiger partial charge in [-0.3, -0.25) is 18.7 Å². The third-order valence-electron chi connectivity index (χ3n) is 3.78. The summed E-state index contributed by atoms with van der Waals surface area (Å²) in [5.41, 5.74) is 5.51. The number of hydrogen-bond acceptors (Lipinski definition) is 7. The molecule has 0 saturated carbocycles. The van der Waals surface area contributed by atoms with Crippen LogP contribution in [0.5, 0.6) is 0 Å². The molecule has 7 nitrogen and oxygen atoms in total. The molecular formula is C17H16N4O3S2. The highest BCUT2D eigenvalue weighted by Crippen LogP contribution is 2.21. The Balaban J connectivity index is 1.98. The number of benzene rings is 1. The minimum atomic E-state index is -0.679. The second-order valence-electron chi connectivity index (χ2n) is 5.49. The predicted molar refractivity (Wildman–Crippen MR) is 103 cm³/mol. The Hall–Kier alpha value is -2.65. The van der Waals surface area contributed by atoms with Crippen LogP contribution in [0, 0.1) is 0 Å². The van der Waals surface area contributed by atoms with Gasteiger partial charge in [-0.25, -0.2) is 9.78 Å². The molecule has 1 aromatic carbocycles. The second kappa shape index (κ2) is 7.71. The first kappa shape index (κ1) is 18.2. The van der Waals surface area contributed by atoms with Gasteiger partial charge in [0.15, 0.2) is 5.78 Å². The van der Waals surface area contributed by atoms with E-state index in [0.29, 0.717) is 0 Å². The minimum absolute atomic E-state index is 0.0243. The van der Waals surface area contributed by atoms with Gasteiger partial charge in [0.2, 0.25) is 0 Å². The Morgan fingerprint density at radius 3 is 2.65 bits per heavy atom. The lowest BCUT2D eigenvalue weighted by Gasteiger charge is -2.14. The third-order valence-corrected chi connectivity index (χ3v) is 5.75. The summed E-state index contributed by atoms with van der Waals surface area (Å²) in [6.45, 7) is 0.180. The van der Waals surface area contributed by atoms with Gasteiger partial charge in [-0.1, -0.05) is 42.1 Å². The summed E-state index contributed by atoms with van der Waals surface area (Å²) < 4.78 is 2.89. The van der Waals surface area contributed by atoms with Crippen LogP contribution in [-0.2, 0) is 13.6 Å². The zero-order valence-electron chi connectivity index (χ0n) is 13.9. The molecule has 3 aromatic rings. The molecule has 9 heteroatoms. The van der Waals surface area contributed by atoms with Gasteiger partial charge in [0, 0.05) is 18.6 Å². The lowest BCUT2D eigenvalue weighted by Crippen LogP contribution is -2.43. The van der Waals surface area contributed by atoms with Gasteiger partial charge in [0.1, 0.15) is 15.7 Å². The number of nitrogens with two attached hydrogens (primary N) is 1. The highest BCUT2D eigenvalue weighted by molar-refractivity contribution is 8.01. The molecule has 2 heterocycles. The molecule has 0 aliphatic heterocycles. The zero-order chi connectivity index (χ0) is 18.7. The predicted octanol–water partition coefficient (Wildman–Crippen LogP) is 1.61. The summed E-state index contributed by atoms with van der Waals surface area (Å²) in [5.74, 6) is -0.506. The standard InChI is InChI=1S/C17H16N4O3S2/c1-20-15(23)13(12(22)10-26-16-19-7-8-25-16)14(18)21(17(20)24)9-11-5-3-2-4-6-11/h2-8H,9-10,18H2,1H3. The molecule has 26 heavy (non-hydrogen) atoms. The first-order chi connectivity index (χ1) is 12.5. The van der Waals surface area contributed by atoms with Gasteiger partial charge < -0.3 is 5.73 Å². The van der Waals surface area contributed by atoms with E-state index in [2.05, 4.69) is 4.98 Å². The molecule has 0 fully saturated rings. The fourth-order valence-corrected chi connectivity index (χ4v) is 3.95. The molecular weight excluding hydrogens is 372 g/mol. The number of aromatic nitrogens is 3. The number of anilines is 1. The van der Waals surface area contributed by atoms with Crippen LogP contribution in [0.1, 0.15) is 15.9 Å². The maximum absolute atomic E-state index is 12.6. The van der Waals surface area contributed by atoms with Crippen LogP contribution in [0.4, 0.5) is 5.82 Å². The normalized spacial score (nSPS) is 10.8. The number of Topliss-reactive ketones (excluding diaryl/α,β-unsaturated/α-hetero) is 1. The van der Waals surface area contributed by atoms with Crippen molar-refractivity contribution in [3.05, 3.63) is 73.9 Å². The summed E-state index contributed by atoms with van der Waals surface area (Å²) in [4.78, 5) is 41.6. The number of rotatable bonds is 6. The van der Waals surface area contributed by atoms with Gasteiger partial charge in [-0.05, 0) is 5.56 Å². The van der Waals surface area contributed by atoms with Crippen molar-refractivity contribution >= 4 is 34.7 Å². The number of carbonyl (C=O) groups is 1. The molecule has 0 aliphatic carbocycles. The topological polar surface area (TPSA) is 100.0 Å². The highest BCUT2D eigenvalue weighted by Gasteiger charge is 2.21. The van der Waals surface area contributed by atoms with Crippen LogP contribution in [0.15, 0.2) is 55.8 Å². The largest absolute Gasteiger partial charge is 0.384 e.